The number of rotatable bonds is 5. The number of hydrogen-bond acceptors (Lipinski definition) is 7. The summed E-state index contributed by atoms with van der Waals surface area (Å²) in [5, 5.41) is 15.7. The van der Waals surface area contributed by atoms with Crippen LogP contribution in [-0.4, -0.2) is 41.1 Å². The van der Waals surface area contributed by atoms with Crippen molar-refractivity contribution in [3.8, 4) is 0 Å². The maximum absolute atomic E-state index is 11.9. The van der Waals surface area contributed by atoms with Crippen LogP contribution in [0.25, 0.3) is 0 Å². The van der Waals surface area contributed by atoms with E-state index < -0.39 is 4.92 Å². The molecule has 8 nitrogen and oxygen atoms in total. The van der Waals surface area contributed by atoms with Crippen LogP contribution < -0.4 is 15.1 Å². The van der Waals surface area contributed by atoms with Gasteiger partial charge in [-0.1, -0.05) is 29.8 Å². The molecule has 9 heteroatoms. The molecule has 0 saturated carbocycles. The van der Waals surface area contributed by atoms with Gasteiger partial charge in [-0.25, -0.2) is 9.97 Å². The standard InChI is InChI=1S/C21H21ClN6O2/c1-15-4-2-6-17(12-15)25-20-19(28(29)30)21(24-14-23-20)27-10-8-26(9-11-27)18-7-3-5-16(22)13-18/h2-7,12-14H,8-11H2,1H3,(H,23,24,25). The van der Waals surface area contributed by atoms with Crippen LogP contribution in [0.15, 0.2) is 54.9 Å². The summed E-state index contributed by atoms with van der Waals surface area (Å²) in [4.78, 5) is 24.0. The Hall–Kier alpha value is -3.39. The second-order valence-corrected chi connectivity index (χ2v) is 7.54. The van der Waals surface area contributed by atoms with Crippen LogP contribution in [0, 0.1) is 17.0 Å². The van der Waals surface area contributed by atoms with E-state index >= 15 is 0 Å². The van der Waals surface area contributed by atoms with Crippen LogP contribution in [0.3, 0.4) is 0 Å². The summed E-state index contributed by atoms with van der Waals surface area (Å²) < 4.78 is 0. The Morgan fingerprint density at radius 3 is 2.47 bits per heavy atom. The zero-order valence-electron chi connectivity index (χ0n) is 16.5. The third kappa shape index (κ3) is 4.28. The summed E-state index contributed by atoms with van der Waals surface area (Å²) in [6.45, 7) is 4.59. The fourth-order valence-corrected chi connectivity index (χ4v) is 3.75. The van der Waals surface area contributed by atoms with Crippen LogP contribution >= 0.6 is 11.6 Å². The molecule has 1 aliphatic heterocycles. The Kier molecular flexibility index (Phi) is 5.67. The summed E-state index contributed by atoms with van der Waals surface area (Å²) in [5.74, 6) is 0.517. The number of benzene rings is 2. The number of aryl methyl sites for hydroxylation is 1. The maximum atomic E-state index is 11.9. The van der Waals surface area contributed by atoms with Crippen LogP contribution in [0.1, 0.15) is 5.56 Å². The summed E-state index contributed by atoms with van der Waals surface area (Å²) >= 11 is 6.10. The van der Waals surface area contributed by atoms with Gasteiger partial charge >= 0.3 is 5.69 Å². The van der Waals surface area contributed by atoms with Gasteiger partial charge in [0.1, 0.15) is 6.33 Å². The molecule has 1 saturated heterocycles. The van der Waals surface area contributed by atoms with Gasteiger partial charge in [-0.3, -0.25) is 10.1 Å². The lowest BCUT2D eigenvalue weighted by Gasteiger charge is -2.36. The molecule has 2 heterocycles. The van der Waals surface area contributed by atoms with Gasteiger partial charge in [0.05, 0.1) is 4.92 Å². The van der Waals surface area contributed by atoms with Gasteiger partial charge in [0, 0.05) is 42.6 Å². The molecule has 0 aliphatic carbocycles. The Labute approximate surface area is 179 Å². The molecule has 1 aromatic heterocycles. The van der Waals surface area contributed by atoms with Crippen molar-refractivity contribution in [2.45, 2.75) is 6.92 Å². The first kappa shape index (κ1) is 19.9. The predicted octanol–water partition coefficient (Wildman–Crippen LogP) is 4.42. The highest BCUT2D eigenvalue weighted by Crippen LogP contribution is 2.34. The van der Waals surface area contributed by atoms with Crippen LogP contribution in [-0.2, 0) is 0 Å². The predicted molar refractivity (Wildman–Crippen MR) is 119 cm³/mol. The summed E-state index contributed by atoms with van der Waals surface area (Å²) in [6, 6.07) is 15.3. The first-order valence-corrected chi connectivity index (χ1v) is 9.97. The monoisotopic (exact) mass is 424 g/mol. The molecular formula is C21H21ClN6O2. The molecule has 1 aliphatic rings. The lowest BCUT2D eigenvalue weighted by atomic mass is 10.2. The van der Waals surface area contributed by atoms with Crippen molar-refractivity contribution >= 4 is 40.3 Å². The number of nitrogens with zero attached hydrogens (tertiary/aromatic N) is 5. The highest BCUT2D eigenvalue weighted by Gasteiger charge is 2.29. The summed E-state index contributed by atoms with van der Waals surface area (Å²) in [7, 11) is 0. The highest BCUT2D eigenvalue weighted by atomic mass is 35.5. The highest BCUT2D eigenvalue weighted by molar-refractivity contribution is 6.30. The van der Waals surface area contributed by atoms with Crippen LogP contribution in [0.2, 0.25) is 5.02 Å². The second-order valence-electron chi connectivity index (χ2n) is 7.10. The van der Waals surface area contributed by atoms with Gasteiger partial charge in [-0.05, 0) is 42.8 Å². The molecular weight excluding hydrogens is 404 g/mol. The number of aromatic nitrogens is 2. The molecule has 1 fully saturated rings. The molecule has 0 radical (unpaired) electrons. The topological polar surface area (TPSA) is 87.4 Å². The van der Waals surface area contributed by atoms with E-state index in [1.54, 1.807) is 0 Å². The fourth-order valence-electron chi connectivity index (χ4n) is 3.57. The van der Waals surface area contributed by atoms with Gasteiger partial charge in [0.2, 0.25) is 11.6 Å². The van der Waals surface area contributed by atoms with Gasteiger partial charge in [0.25, 0.3) is 0 Å². The summed E-state index contributed by atoms with van der Waals surface area (Å²) in [6.07, 6.45) is 1.36. The first-order valence-electron chi connectivity index (χ1n) is 9.60. The normalized spacial score (nSPS) is 13.9. The van der Waals surface area contributed by atoms with E-state index in [9.17, 15) is 10.1 Å². The molecule has 3 aromatic rings. The minimum absolute atomic E-state index is 0.116. The number of halogens is 1. The number of piperazine rings is 1. The van der Waals surface area contributed by atoms with Crippen molar-refractivity contribution in [3.63, 3.8) is 0 Å². The Morgan fingerprint density at radius 2 is 1.77 bits per heavy atom. The Balaban J connectivity index is 1.56. The van der Waals surface area contributed by atoms with Gasteiger partial charge < -0.3 is 15.1 Å². The van der Waals surface area contributed by atoms with Crippen molar-refractivity contribution in [1.29, 1.82) is 0 Å². The quantitative estimate of drug-likeness (QED) is 0.479. The van der Waals surface area contributed by atoms with E-state index in [-0.39, 0.29) is 11.5 Å². The fraction of sp³-hybridized carbons (Fsp3) is 0.238. The minimum Gasteiger partial charge on any atom is -0.368 e. The molecule has 154 valence electrons. The number of anilines is 4. The molecule has 0 bridgehead atoms. The SMILES string of the molecule is Cc1cccc(Nc2ncnc(N3CCN(c4cccc(Cl)c4)CC3)c2[N+](=O)[O-])c1. The average molecular weight is 425 g/mol. The molecule has 2 aromatic carbocycles. The van der Waals surface area contributed by atoms with Crippen molar-refractivity contribution in [2.75, 3.05) is 41.3 Å². The lowest BCUT2D eigenvalue weighted by molar-refractivity contribution is -0.383. The van der Waals surface area contributed by atoms with Crippen LogP contribution in [0.4, 0.5) is 28.7 Å². The van der Waals surface area contributed by atoms with E-state index in [2.05, 4.69) is 20.2 Å². The average Bonchev–Trinajstić information content (AvgIpc) is 2.73. The van der Waals surface area contributed by atoms with Gasteiger partial charge in [-0.15, -0.1) is 0 Å². The first-order chi connectivity index (χ1) is 14.5. The molecule has 1 N–H and O–H groups in total. The molecule has 0 spiro atoms. The van der Waals surface area contributed by atoms with Crippen LogP contribution in [0.5, 0.6) is 0 Å². The van der Waals surface area contributed by atoms with E-state index in [1.807, 2.05) is 60.4 Å². The van der Waals surface area contributed by atoms with Gasteiger partial charge in [0.15, 0.2) is 0 Å². The number of nitrogens with one attached hydrogen (secondary N) is 1. The van der Waals surface area contributed by atoms with Crippen molar-refractivity contribution in [3.05, 3.63) is 75.6 Å². The van der Waals surface area contributed by atoms with E-state index in [0.29, 0.717) is 37.0 Å². The van der Waals surface area contributed by atoms with Crippen molar-refractivity contribution in [2.24, 2.45) is 0 Å². The zero-order chi connectivity index (χ0) is 21.1. The second kappa shape index (κ2) is 8.54. The zero-order valence-corrected chi connectivity index (χ0v) is 17.2. The number of hydrogen-bond donors (Lipinski definition) is 1. The molecule has 30 heavy (non-hydrogen) atoms. The lowest BCUT2D eigenvalue weighted by Crippen LogP contribution is -2.47. The van der Waals surface area contributed by atoms with E-state index in [0.717, 1.165) is 16.9 Å². The Bertz CT molecular complexity index is 1070. The minimum atomic E-state index is -0.420. The molecule has 0 atom stereocenters. The van der Waals surface area contributed by atoms with E-state index in [1.165, 1.54) is 6.33 Å². The molecule has 0 amide bonds. The van der Waals surface area contributed by atoms with Crippen molar-refractivity contribution in [1.82, 2.24) is 9.97 Å². The third-order valence-corrected chi connectivity index (χ3v) is 5.25. The maximum Gasteiger partial charge on any atom is 0.353 e. The smallest absolute Gasteiger partial charge is 0.353 e. The van der Waals surface area contributed by atoms with Crippen molar-refractivity contribution < 1.29 is 4.92 Å². The summed E-state index contributed by atoms with van der Waals surface area (Å²) in [5.41, 5.74) is 2.72. The van der Waals surface area contributed by atoms with E-state index in [4.69, 9.17) is 11.6 Å². The molecule has 4 rings (SSSR count). The molecule has 0 unspecified atom stereocenters. The largest absolute Gasteiger partial charge is 0.368 e. The Morgan fingerprint density at radius 1 is 1.03 bits per heavy atom. The van der Waals surface area contributed by atoms with Gasteiger partial charge in [-0.2, -0.15) is 0 Å². The third-order valence-electron chi connectivity index (χ3n) is 5.02. The number of nitro groups is 1.